The highest BCUT2D eigenvalue weighted by atomic mass is 16.7. The molecule has 8 rings (SSSR count). The maximum atomic E-state index is 12.6. The monoisotopic (exact) mass is 796 g/mol. The van der Waals surface area contributed by atoms with Gasteiger partial charge in [-0.3, -0.25) is 0 Å². The quantitative estimate of drug-likeness (QED) is 0.135. The molecule has 4 aliphatic heterocycles. The number of carbonyl (C=O) groups is 1. The largest absolute Gasteiger partial charge is 0.458 e. The van der Waals surface area contributed by atoms with Gasteiger partial charge in [0.15, 0.2) is 18.9 Å². The van der Waals surface area contributed by atoms with Gasteiger partial charge in [-0.2, -0.15) is 0 Å². The van der Waals surface area contributed by atoms with Crippen molar-refractivity contribution in [1.29, 1.82) is 0 Å². The predicted octanol–water partition coefficient (Wildman–Crippen LogP) is 1.19. The van der Waals surface area contributed by atoms with E-state index in [0.717, 1.165) is 63.4 Å². The second kappa shape index (κ2) is 15.6. The maximum absolute atomic E-state index is 12.6. The summed E-state index contributed by atoms with van der Waals surface area (Å²) in [7, 11) is 0. The van der Waals surface area contributed by atoms with Crippen molar-refractivity contribution in [2.75, 3.05) is 13.2 Å². The fourth-order valence-electron chi connectivity index (χ4n) is 12.8. The van der Waals surface area contributed by atoms with Crippen LogP contribution in [0, 0.1) is 34.5 Å². The number of hydrogen-bond acceptors (Lipinski definition) is 15. The van der Waals surface area contributed by atoms with Gasteiger partial charge in [0.25, 0.3) is 0 Å². The third kappa shape index (κ3) is 7.01. The standard InChI is InChI=1S/C41H64O15/c1-19-36(55-32-16-28(44)37(20(2)52-32)56-38-35(48)34(47)33(46)29(17-42)54-38)27(43)15-31(51-19)53-23-7-10-39(3)22(14-23)5-6-26-25(39)8-11-40(4)24(9-12-41(26,40)49)21-13-30(45)50-18-21/h13,19-20,22-29,31-38,42-44,46-49H,5-12,14-18H2,1-4H3/t19-,20-,22-,23+,24-,25+,26-,27+,28+,29-,31+,32+,33-,34+,35-,36-,37-,38+,39+,40-,41+/m1/s1. The molecule has 15 nitrogen and oxygen atoms in total. The minimum atomic E-state index is -1.62. The number of hydrogen-bond donors (Lipinski definition) is 7. The van der Waals surface area contributed by atoms with E-state index in [1.165, 1.54) is 0 Å². The molecular weight excluding hydrogens is 732 g/mol. The van der Waals surface area contributed by atoms with E-state index in [-0.39, 0.29) is 47.6 Å². The van der Waals surface area contributed by atoms with Crippen LogP contribution in [0.15, 0.2) is 11.6 Å². The van der Waals surface area contributed by atoms with Crippen LogP contribution in [-0.2, 0) is 38.0 Å². The van der Waals surface area contributed by atoms with Crippen LogP contribution in [0.1, 0.15) is 98.3 Å². The number of cyclic esters (lactones) is 1. The first kappa shape index (κ1) is 41.4. The second-order valence-electron chi connectivity index (χ2n) is 18.9. The minimum Gasteiger partial charge on any atom is -0.458 e. The van der Waals surface area contributed by atoms with Crippen molar-refractivity contribution in [3.8, 4) is 0 Å². The Hall–Kier alpha value is -1.31. The first-order chi connectivity index (χ1) is 26.6. The van der Waals surface area contributed by atoms with Gasteiger partial charge >= 0.3 is 5.97 Å². The predicted molar refractivity (Wildman–Crippen MR) is 194 cm³/mol. The van der Waals surface area contributed by atoms with Crippen molar-refractivity contribution in [2.45, 2.75) is 190 Å². The molecule has 3 saturated heterocycles. The number of aliphatic hydroxyl groups excluding tert-OH is 6. The Balaban J connectivity index is 0.826. The smallest absolute Gasteiger partial charge is 0.331 e. The lowest BCUT2D eigenvalue weighted by molar-refractivity contribution is -0.352. The van der Waals surface area contributed by atoms with Crippen molar-refractivity contribution >= 4 is 5.97 Å². The van der Waals surface area contributed by atoms with Gasteiger partial charge in [0, 0.05) is 24.3 Å². The van der Waals surface area contributed by atoms with Gasteiger partial charge in [-0.25, -0.2) is 4.79 Å². The molecule has 56 heavy (non-hydrogen) atoms. The highest BCUT2D eigenvalue weighted by Gasteiger charge is 2.68. The highest BCUT2D eigenvalue weighted by Crippen LogP contribution is 2.70. The van der Waals surface area contributed by atoms with Gasteiger partial charge in [-0.05, 0) is 106 Å². The average molecular weight is 797 g/mol. The number of carbonyl (C=O) groups excluding carboxylic acids is 1. The molecule has 7 fully saturated rings. The van der Waals surface area contributed by atoms with Crippen molar-refractivity contribution in [1.82, 2.24) is 0 Å². The van der Waals surface area contributed by atoms with Crippen molar-refractivity contribution < 1.29 is 73.7 Å². The SMILES string of the molecule is C[C@H]1O[C@@H](O[C@H]2CC[C@@]3(C)[C@H](CC[C@@H]4[C@@H]3CC[C@]3(C)[C@@H](C5=CC(=O)OC5)CC[C@]43O)C2)C[C@H](O)[C@@H]1O[C@H]1C[C@H](O)[C@H](O[C@@H]2O[C@H](CO)[C@@H](O)[C@H](O)[C@H]2O)[C@@H](C)O1. The van der Waals surface area contributed by atoms with Crippen LogP contribution in [0.25, 0.3) is 0 Å². The first-order valence-electron chi connectivity index (χ1n) is 21.1. The van der Waals surface area contributed by atoms with Crippen LogP contribution in [0.4, 0.5) is 0 Å². The van der Waals surface area contributed by atoms with E-state index < -0.39 is 92.1 Å². The lowest BCUT2D eigenvalue weighted by Crippen LogP contribution is -2.62. The molecule has 0 amide bonds. The second-order valence-corrected chi connectivity index (χ2v) is 18.9. The normalized spacial score (nSPS) is 54.8. The Kier molecular flexibility index (Phi) is 11.6. The van der Waals surface area contributed by atoms with Gasteiger partial charge in [-0.15, -0.1) is 0 Å². The van der Waals surface area contributed by atoms with Gasteiger partial charge < -0.3 is 68.9 Å². The summed E-state index contributed by atoms with van der Waals surface area (Å²) in [6, 6.07) is 0. The van der Waals surface area contributed by atoms with Crippen LogP contribution in [0.3, 0.4) is 0 Å². The molecule has 0 unspecified atom stereocenters. The van der Waals surface area contributed by atoms with Gasteiger partial charge in [-0.1, -0.05) is 13.8 Å². The van der Waals surface area contributed by atoms with Gasteiger partial charge in [0.2, 0.25) is 0 Å². The summed E-state index contributed by atoms with van der Waals surface area (Å²) in [5.41, 5.74) is 0.143. The molecule has 7 N–H and O–H groups in total. The number of fused-ring (bicyclic) bond motifs is 5. The van der Waals surface area contributed by atoms with E-state index in [9.17, 15) is 40.5 Å². The van der Waals surface area contributed by atoms with Crippen LogP contribution in [0.2, 0.25) is 0 Å². The first-order valence-corrected chi connectivity index (χ1v) is 21.1. The van der Waals surface area contributed by atoms with E-state index >= 15 is 0 Å². The summed E-state index contributed by atoms with van der Waals surface area (Å²) in [6.07, 6.45) is -3.54. The molecule has 318 valence electrons. The molecule has 0 aromatic carbocycles. The van der Waals surface area contributed by atoms with Gasteiger partial charge in [0.1, 0.15) is 43.2 Å². The molecule has 21 atom stereocenters. The summed E-state index contributed by atoms with van der Waals surface area (Å²) in [5.74, 6) is 1.04. The molecule has 15 heteroatoms. The zero-order valence-corrected chi connectivity index (χ0v) is 33.1. The summed E-state index contributed by atoms with van der Waals surface area (Å²) in [4.78, 5) is 11.9. The van der Waals surface area contributed by atoms with E-state index in [4.69, 9.17) is 33.2 Å². The highest BCUT2D eigenvalue weighted by molar-refractivity contribution is 5.85. The number of rotatable bonds is 8. The lowest BCUT2D eigenvalue weighted by atomic mass is 9.43. The molecule has 0 spiro atoms. The Morgan fingerprint density at radius 3 is 2.07 bits per heavy atom. The average Bonchev–Trinajstić information content (AvgIpc) is 3.70. The Bertz CT molecular complexity index is 1440. The molecule has 4 heterocycles. The zero-order chi connectivity index (χ0) is 39.9. The Morgan fingerprint density at radius 1 is 0.750 bits per heavy atom. The molecule has 8 aliphatic rings. The molecular formula is C41H64O15. The van der Waals surface area contributed by atoms with E-state index in [1.54, 1.807) is 13.0 Å². The molecule has 0 aromatic heterocycles. The molecule has 0 aromatic rings. The molecule has 4 aliphatic carbocycles. The minimum absolute atomic E-state index is 0.00978. The molecule has 0 bridgehead atoms. The van der Waals surface area contributed by atoms with E-state index in [1.807, 2.05) is 6.92 Å². The van der Waals surface area contributed by atoms with Crippen molar-refractivity contribution in [3.63, 3.8) is 0 Å². The zero-order valence-electron chi connectivity index (χ0n) is 33.1. The molecule has 0 radical (unpaired) electrons. The topological polar surface area (TPSA) is 223 Å². The van der Waals surface area contributed by atoms with Gasteiger partial charge in [0.05, 0.1) is 42.7 Å². The number of aliphatic hydroxyl groups is 7. The maximum Gasteiger partial charge on any atom is 0.331 e. The summed E-state index contributed by atoms with van der Waals surface area (Å²) in [6.45, 7) is 7.92. The fraction of sp³-hybridized carbons (Fsp3) is 0.927. The van der Waals surface area contributed by atoms with Crippen molar-refractivity contribution in [2.24, 2.45) is 34.5 Å². The summed E-state index contributed by atoms with van der Waals surface area (Å²) in [5, 5.41) is 75.0. The van der Waals surface area contributed by atoms with Crippen LogP contribution in [0.5, 0.6) is 0 Å². The van der Waals surface area contributed by atoms with Crippen LogP contribution >= 0.6 is 0 Å². The summed E-state index contributed by atoms with van der Waals surface area (Å²) < 4.78 is 41.6. The third-order valence-electron chi connectivity index (χ3n) is 16.0. The van der Waals surface area contributed by atoms with Crippen LogP contribution < -0.4 is 0 Å². The molecule has 4 saturated carbocycles. The van der Waals surface area contributed by atoms with Crippen molar-refractivity contribution in [3.05, 3.63) is 11.6 Å². The Morgan fingerprint density at radius 2 is 1.43 bits per heavy atom. The number of ether oxygens (including phenoxy) is 7. The van der Waals surface area contributed by atoms with E-state index in [0.29, 0.717) is 18.4 Å². The van der Waals surface area contributed by atoms with E-state index in [2.05, 4.69) is 13.8 Å². The van der Waals surface area contributed by atoms with Crippen LogP contribution in [-0.4, -0.2) is 147 Å². The summed E-state index contributed by atoms with van der Waals surface area (Å²) >= 11 is 0. The number of esters is 1. The third-order valence-corrected chi connectivity index (χ3v) is 16.0. The fourth-order valence-corrected chi connectivity index (χ4v) is 12.8. The Labute approximate surface area is 328 Å². The lowest BCUT2D eigenvalue weighted by Gasteiger charge is -2.64.